The van der Waals surface area contributed by atoms with Crippen LogP contribution < -0.4 is 20.3 Å². The van der Waals surface area contributed by atoms with Crippen molar-refractivity contribution in [2.45, 2.75) is 30.6 Å². The highest BCUT2D eigenvalue weighted by atomic mass is 35.5. The van der Waals surface area contributed by atoms with E-state index >= 15 is 0 Å². The molecule has 2 fully saturated rings. The van der Waals surface area contributed by atoms with Gasteiger partial charge in [-0.25, -0.2) is 18.8 Å². The summed E-state index contributed by atoms with van der Waals surface area (Å²) in [5.74, 6) is -0.0256. The molecule has 1 saturated heterocycles. The Bertz CT molecular complexity index is 999. The number of hydrazine groups is 1. The number of benzene rings is 1. The van der Waals surface area contributed by atoms with Crippen LogP contribution in [0.4, 0.5) is 5.13 Å². The van der Waals surface area contributed by atoms with Crippen LogP contribution in [0.1, 0.15) is 30.9 Å². The van der Waals surface area contributed by atoms with Crippen molar-refractivity contribution in [2.75, 3.05) is 11.8 Å². The average Bonchev–Trinajstić information content (AvgIpc) is 3.20. The quantitative estimate of drug-likeness (QED) is 0.638. The predicted molar refractivity (Wildman–Crippen MR) is 111 cm³/mol. The molecule has 0 bridgehead atoms. The monoisotopic (exact) mass is 456 g/mol. The SMILES string of the molecule is COc1ccc(Cl)cc1C1NNC(=O)C2CC(S(=O)(=O)Nc3nccs3)CCC21. The van der Waals surface area contributed by atoms with Crippen molar-refractivity contribution in [1.82, 2.24) is 15.8 Å². The van der Waals surface area contributed by atoms with Crippen LogP contribution in [0.3, 0.4) is 0 Å². The van der Waals surface area contributed by atoms with Crippen LogP contribution in [-0.4, -0.2) is 31.7 Å². The number of rotatable bonds is 5. The van der Waals surface area contributed by atoms with E-state index in [1.54, 1.807) is 30.8 Å². The number of anilines is 1. The highest BCUT2D eigenvalue weighted by molar-refractivity contribution is 7.93. The number of methoxy groups -OCH3 is 1. The van der Waals surface area contributed by atoms with Crippen molar-refractivity contribution < 1.29 is 17.9 Å². The summed E-state index contributed by atoms with van der Waals surface area (Å²) < 4.78 is 33.6. The van der Waals surface area contributed by atoms with Gasteiger partial charge in [0.1, 0.15) is 5.75 Å². The highest BCUT2D eigenvalue weighted by Gasteiger charge is 2.46. The summed E-state index contributed by atoms with van der Waals surface area (Å²) in [6, 6.07) is 5.14. The third-order valence-electron chi connectivity index (χ3n) is 5.60. The van der Waals surface area contributed by atoms with Crippen molar-refractivity contribution in [3.63, 3.8) is 0 Å². The molecule has 1 aromatic heterocycles. The summed E-state index contributed by atoms with van der Waals surface area (Å²) in [6.07, 6.45) is 2.83. The summed E-state index contributed by atoms with van der Waals surface area (Å²) in [5, 5.41) is 1.96. The largest absolute Gasteiger partial charge is 0.496 e. The number of carbonyl (C=O) groups excluding carboxylic acids is 1. The van der Waals surface area contributed by atoms with E-state index in [1.165, 1.54) is 11.3 Å². The van der Waals surface area contributed by atoms with Crippen LogP contribution in [-0.2, 0) is 14.8 Å². The first-order valence-electron chi connectivity index (χ1n) is 9.19. The zero-order valence-corrected chi connectivity index (χ0v) is 18.0. The molecule has 0 radical (unpaired) electrons. The molecule has 1 aromatic carbocycles. The fourth-order valence-electron chi connectivity index (χ4n) is 4.22. The van der Waals surface area contributed by atoms with E-state index < -0.39 is 21.2 Å². The zero-order valence-electron chi connectivity index (χ0n) is 15.6. The molecule has 2 heterocycles. The highest BCUT2D eigenvalue weighted by Crippen LogP contribution is 2.45. The standard InChI is InChI=1S/C18H21ClN4O4S2/c1-27-15-5-2-10(19)8-14(15)16-12-4-3-11(9-13(12)17(24)22-21-16)29(25,26)23-18-20-6-7-28-18/h2,5-8,11-13,16,21H,3-4,9H2,1H3,(H,20,23)(H,22,24). The molecule has 8 nitrogen and oxygen atoms in total. The fourth-order valence-corrected chi connectivity index (χ4v) is 6.69. The maximum atomic E-state index is 12.8. The molecule has 11 heteroatoms. The number of nitrogens with zero attached hydrogens (tertiary/aromatic N) is 1. The van der Waals surface area contributed by atoms with Gasteiger partial charge in [0.2, 0.25) is 15.9 Å². The summed E-state index contributed by atoms with van der Waals surface area (Å²) >= 11 is 7.41. The molecule has 4 rings (SSSR count). The van der Waals surface area contributed by atoms with Crippen LogP contribution in [0, 0.1) is 11.8 Å². The van der Waals surface area contributed by atoms with E-state index in [0.29, 0.717) is 28.7 Å². The van der Waals surface area contributed by atoms with E-state index in [9.17, 15) is 13.2 Å². The van der Waals surface area contributed by atoms with Crippen LogP contribution in [0.2, 0.25) is 5.02 Å². The second-order valence-corrected chi connectivity index (χ2v) is 10.5. The summed E-state index contributed by atoms with van der Waals surface area (Å²) in [7, 11) is -2.05. The predicted octanol–water partition coefficient (Wildman–Crippen LogP) is 2.71. The number of carbonyl (C=O) groups is 1. The number of aromatic nitrogens is 1. The van der Waals surface area contributed by atoms with Gasteiger partial charge in [-0.3, -0.25) is 14.9 Å². The van der Waals surface area contributed by atoms with E-state index in [-0.39, 0.29) is 24.3 Å². The number of nitrogens with one attached hydrogen (secondary N) is 3. The molecule has 2 aliphatic rings. The topological polar surface area (TPSA) is 109 Å². The Morgan fingerprint density at radius 3 is 2.90 bits per heavy atom. The molecule has 4 atom stereocenters. The molecule has 3 N–H and O–H groups in total. The fraction of sp³-hybridized carbons (Fsp3) is 0.444. The molecular formula is C18H21ClN4O4S2. The number of halogens is 1. The molecule has 2 aromatic rings. The number of amides is 1. The van der Waals surface area contributed by atoms with Gasteiger partial charge in [-0.15, -0.1) is 11.3 Å². The Hall–Kier alpha value is -1.88. The van der Waals surface area contributed by atoms with Crippen LogP contribution in [0.5, 0.6) is 5.75 Å². The lowest BCUT2D eigenvalue weighted by Crippen LogP contribution is -2.57. The van der Waals surface area contributed by atoms with Gasteiger partial charge < -0.3 is 4.74 Å². The van der Waals surface area contributed by atoms with Crippen molar-refractivity contribution >= 4 is 44.0 Å². The normalized spacial score (nSPS) is 27.0. The Labute approximate surface area is 178 Å². The van der Waals surface area contributed by atoms with Gasteiger partial charge in [-0.2, -0.15) is 0 Å². The van der Waals surface area contributed by atoms with Crippen molar-refractivity contribution in [3.05, 3.63) is 40.4 Å². The summed E-state index contributed by atoms with van der Waals surface area (Å²) in [6.45, 7) is 0. The third-order valence-corrected chi connectivity index (χ3v) is 8.44. The molecule has 1 aliphatic carbocycles. The van der Waals surface area contributed by atoms with E-state index in [4.69, 9.17) is 16.3 Å². The van der Waals surface area contributed by atoms with Gasteiger partial charge in [0, 0.05) is 28.1 Å². The lowest BCUT2D eigenvalue weighted by Gasteiger charge is -2.43. The first-order chi connectivity index (χ1) is 13.9. The van der Waals surface area contributed by atoms with Gasteiger partial charge >= 0.3 is 0 Å². The number of hydrogen-bond acceptors (Lipinski definition) is 7. The molecular weight excluding hydrogens is 436 g/mol. The first-order valence-corrected chi connectivity index (χ1v) is 12.0. The number of hydrogen-bond donors (Lipinski definition) is 3. The molecule has 1 amide bonds. The molecule has 4 unspecified atom stereocenters. The van der Waals surface area contributed by atoms with Gasteiger partial charge in [0.15, 0.2) is 5.13 Å². The van der Waals surface area contributed by atoms with Crippen LogP contribution in [0.25, 0.3) is 0 Å². The van der Waals surface area contributed by atoms with E-state index in [1.807, 2.05) is 6.07 Å². The smallest absolute Gasteiger partial charge is 0.237 e. The molecule has 29 heavy (non-hydrogen) atoms. The minimum absolute atomic E-state index is 0.0672. The van der Waals surface area contributed by atoms with Crippen LogP contribution >= 0.6 is 22.9 Å². The Morgan fingerprint density at radius 1 is 1.34 bits per heavy atom. The number of sulfonamides is 1. The maximum Gasteiger partial charge on any atom is 0.237 e. The van der Waals surface area contributed by atoms with E-state index in [0.717, 1.165) is 5.56 Å². The average molecular weight is 457 g/mol. The van der Waals surface area contributed by atoms with Crippen molar-refractivity contribution in [3.8, 4) is 5.75 Å². The first kappa shape index (κ1) is 20.4. The maximum absolute atomic E-state index is 12.8. The second-order valence-electron chi connectivity index (χ2n) is 7.19. The molecule has 0 spiro atoms. The van der Waals surface area contributed by atoms with Gasteiger partial charge in [0.25, 0.3) is 0 Å². The number of fused-ring (bicyclic) bond motifs is 1. The lowest BCUT2D eigenvalue weighted by atomic mass is 9.72. The van der Waals surface area contributed by atoms with Crippen LogP contribution in [0.15, 0.2) is 29.8 Å². The number of ether oxygens (including phenoxy) is 1. The second kappa shape index (κ2) is 8.10. The Morgan fingerprint density at radius 2 is 2.17 bits per heavy atom. The van der Waals surface area contributed by atoms with Gasteiger partial charge in [-0.05, 0) is 43.4 Å². The zero-order chi connectivity index (χ0) is 20.6. The Balaban J connectivity index is 1.57. The summed E-state index contributed by atoms with van der Waals surface area (Å²) in [5.41, 5.74) is 6.61. The lowest BCUT2D eigenvalue weighted by molar-refractivity contribution is -0.133. The minimum Gasteiger partial charge on any atom is -0.496 e. The minimum atomic E-state index is -3.63. The van der Waals surface area contributed by atoms with Crippen molar-refractivity contribution in [2.24, 2.45) is 11.8 Å². The van der Waals surface area contributed by atoms with Crippen molar-refractivity contribution in [1.29, 1.82) is 0 Å². The summed E-state index contributed by atoms with van der Waals surface area (Å²) in [4.78, 5) is 16.5. The number of thiazole rings is 1. The molecule has 1 aliphatic heterocycles. The van der Waals surface area contributed by atoms with E-state index in [2.05, 4.69) is 20.6 Å². The Kier molecular flexibility index (Phi) is 5.69. The van der Waals surface area contributed by atoms with Gasteiger partial charge in [0.05, 0.1) is 18.4 Å². The molecule has 156 valence electrons. The van der Waals surface area contributed by atoms with Gasteiger partial charge in [-0.1, -0.05) is 11.6 Å². The third kappa shape index (κ3) is 4.07. The molecule has 1 saturated carbocycles.